The Morgan fingerprint density at radius 3 is 1.74 bits per heavy atom. The van der Waals surface area contributed by atoms with Crippen LogP contribution in [0.5, 0.6) is 0 Å². The van der Waals surface area contributed by atoms with E-state index in [0.717, 1.165) is 0 Å². The van der Waals surface area contributed by atoms with Gasteiger partial charge >= 0.3 is 0 Å². The highest BCUT2D eigenvalue weighted by Gasteiger charge is 2.14. The first-order chi connectivity index (χ1) is 13.0. The predicted molar refractivity (Wildman–Crippen MR) is 105 cm³/mol. The molecular weight excluding hydrogens is 340 g/mol. The van der Waals surface area contributed by atoms with Gasteiger partial charge in [0.2, 0.25) is 0 Å². The second-order valence-electron chi connectivity index (χ2n) is 6.04. The number of carbonyl (C=O) groups excluding carboxylic acids is 3. The number of ketones is 2. The van der Waals surface area contributed by atoms with Crippen molar-refractivity contribution in [1.82, 2.24) is 0 Å². The van der Waals surface area contributed by atoms with Gasteiger partial charge in [0.25, 0.3) is 5.91 Å². The summed E-state index contributed by atoms with van der Waals surface area (Å²) in [6, 6.07) is 21.8. The molecule has 5 heteroatoms. The molecule has 0 radical (unpaired) electrons. The molecule has 1 amide bonds. The lowest BCUT2D eigenvalue weighted by molar-refractivity contribution is 0.0893. The summed E-state index contributed by atoms with van der Waals surface area (Å²) >= 11 is 0. The van der Waals surface area contributed by atoms with Crippen molar-refractivity contribution in [2.75, 3.05) is 11.1 Å². The quantitative estimate of drug-likeness (QED) is 0.396. The summed E-state index contributed by atoms with van der Waals surface area (Å²) in [7, 11) is 0. The standard InChI is InChI=1S/C22H18N2O3/c23-18-10-6-15(7-11-18)20(25)14-21(26)16-8-12-19(13-9-16)24-22(27)17-4-2-1-3-5-17/h1-13H,14,23H2,(H,24,27). The number of amides is 1. The Morgan fingerprint density at radius 2 is 1.19 bits per heavy atom. The molecule has 3 aromatic rings. The summed E-state index contributed by atoms with van der Waals surface area (Å²) in [5.41, 5.74) is 8.14. The molecule has 3 rings (SSSR count). The Hall–Kier alpha value is -3.73. The summed E-state index contributed by atoms with van der Waals surface area (Å²) in [6.45, 7) is 0. The maximum atomic E-state index is 12.3. The summed E-state index contributed by atoms with van der Waals surface area (Å²) in [5, 5.41) is 2.77. The SMILES string of the molecule is Nc1ccc(C(=O)CC(=O)c2ccc(NC(=O)c3ccccc3)cc2)cc1. The van der Waals surface area contributed by atoms with Gasteiger partial charge in [-0.3, -0.25) is 14.4 Å². The lowest BCUT2D eigenvalue weighted by Crippen LogP contribution is -2.12. The maximum absolute atomic E-state index is 12.3. The topological polar surface area (TPSA) is 89.3 Å². The van der Waals surface area contributed by atoms with Crippen molar-refractivity contribution < 1.29 is 14.4 Å². The number of nitrogens with one attached hydrogen (secondary N) is 1. The zero-order chi connectivity index (χ0) is 19.2. The Balaban J connectivity index is 1.62. The van der Waals surface area contributed by atoms with Gasteiger partial charge in [0.1, 0.15) is 0 Å². The van der Waals surface area contributed by atoms with Crippen LogP contribution in [0.1, 0.15) is 37.5 Å². The Bertz CT molecular complexity index is 963. The van der Waals surface area contributed by atoms with Crippen LogP contribution in [-0.2, 0) is 0 Å². The predicted octanol–water partition coefficient (Wildman–Crippen LogP) is 3.98. The Morgan fingerprint density at radius 1 is 0.667 bits per heavy atom. The van der Waals surface area contributed by atoms with Gasteiger partial charge in [-0.1, -0.05) is 18.2 Å². The van der Waals surface area contributed by atoms with E-state index in [1.807, 2.05) is 6.07 Å². The van der Waals surface area contributed by atoms with Gasteiger partial charge in [0.15, 0.2) is 11.6 Å². The van der Waals surface area contributed by atoms with Crippen LogP contribution in [0.4, 0.5) is 11.4 Å². The molecular formula is C22H18N2O3. The van der Waals surface area contributed by atoms with Gasteiger partial charge in [0, 0.05) is 28.1 Å². The van der Waals surface area contributed by atoms with Crippen LogP contribution in [-0.4, -0.2) is 17.5 Å². The van der Waals surface area contributed by atoms with E-state index in [4.69, 9.17) is 5.73 Å². The fourth-order valence-corrected chi connectivity index (χ4v) is 2.55. The highest BCUT2D eigenvalue weighted by atomic mass is 16.2. The van der Waals surface area contributed by atoms with E-state index < -0.39 is 0 Å². The fourth-order valence-electron chi connectivity index (χ4n) is 2.55. The van der Waals surface area contributed by atoms with Crippen LogP contribution >= 0.6 is 0 Å². The van der Waals surface area contributed by atoms with Gasteiger partial charge in [0.05, 0.1) is 6.42 Å². The Labute approximate surface area is 156 Å². The van der Waals surface area contributed by atoms with Crippen LogP contribution in [0, 0.1) is 0 Å². The number of rotatable bonds is 6. The summed E-state index contributed by atoms with van der Waals surface area (Å²) in [5.74, 6) is -0.771. The molecule has 0 fully saturated rings. The van der Waals surface area contributed by atoms with Crippen LogP contribution < -0.4 is 11.1 Å². The van der Waals surface area contributed by atoms with Crippen molar-refractivity contribution in [3.05, 3.63) is 95.6 Å². The van der Waals surface area contributed by atoms with Gasteiger partial charge < -0.3 is 11.1 Å². The summed E-state index contributed by atoms with van der Waals surface area (Å²) in [4.78, 5) is 36.6. The Kier molecular flexibility index (Phi) is 5.42. The molecule has 0 unspecified atom stereocenters. The highest BCUT2D eigenvalue weighted by molar-refractivity contribution is 6.13. The zero-order valence-corrected chi connectivity index (χ0v) is 14.5. The lowest BCUT2D eigenvalue weighted by Gasteiger charge is -2.06. The molecule has 0 heterocycles. The second kappa shape index (κ2) is 8.10. The van der Waals surface area contributed by atoms with Gasteiger partial charge in [-0.25, -0.2) is 0 Å². The molecule has 5 nitrogen and oxygen atoms in total. The maximum Gasteiger partial charge on any atom is 0.255 e. The molecule has 0 atom stereocenters. The first-order valence-electron chi connectivity index (χ1n) is 8.41. The lowest BCUT2D eigenvalue weighted by atomic mass is 10.0. The monoisotopic (exact) mass is 358 g/mol. The highest BCUT2D eigenvalue weighted by Crippen LogP contribution is 2.15. The second-order valence-corrected chi connectivity index (χ2v) is 6.04. The third-order valence-corrected chi connectivity index (χ3v) is 4.05. The minimum atomic E-state index is -0.280. The molecule has 0 saturated heterocycles. The third kappa shape index (κ3) is 4.67. The van der Waals surface area contributed by atoms with Crippen LogP contribution in [0.2, 0.25) is 0 Å². The van der Waals surface area contributed by atoms with E-state index in [2.05, 4.69) is 5.32 Å². The van der Waals surface area contributed by atoms with Crippen molar-refractivity contribution in [2.45, 2.75) is 6.42 Å². The first-order valence-corrected chi connectivity index (χ1v) is 8.41. The van der Waals surface area contributed by atoms with Gasteiger partial charge in [-0.15, -0.1) is 0 Å². The molecule has 0 spiro atoms. The number of nitrogen functional groups attached to an aromatic ring is 1. The fraction of sp³-hybridized carbons (Fsp3) is 0.0455. The number of carbonyl (C=O) groups is 3. The van der Waals surface area contributed by atoms with E-state index in [0.29, 0.717) is 28.1 Å². The average Bonchev–Trinajstić information content (AvgIpc) is 2.69. The smallest absolute Gasteiger partial charge is 0.255 e. The summed E-state index contributed by atoms with van der Waals surface area (Å²) < 4.78 is 0. The van der Waals surface area contributed by atoms with Crippen molar-refractivity contribution in [3.8, 4) is 0 Å². The molecule has 27 heavy (non-hydrogen) atoms. The third-order valence-electron chi connectivity index (χ3n) is 4.05. The van der Waals surface area contributed by atoms with E-state index in [1.165, 1.54) is 0 Å². The number of Topliss-reactive ketones (excluding diaryl/α,β-unsaturated/α-hetero) is 2. The van der Waals surface area contributed by atoms with Crippen molar-refractivity contribution in [2.24, 2.45) is 0 Å². The number of anilines is 2. The molecule has 0 aliphatic rings. The van der Waals surface area contributed by atoms with Crippen molar-refractivity contribution in [1.29, 1.82) is 0 Å². The molecule has 0 aromatic heterocycles. The van der Waals surface area contributed by atoms with E-state index in [1.54, 1.807) is 72.8 Å². The zero-order valence-electron chi connectivity index (χ0n) is 14.5. The minimum absolute atomic E-state index is 0.223. The van der Waals surface area contributed by atoms with Crippen molar-refractivity contribution in [3.63, 3.8) is 0 Å². The molecule has 0 aliphatic heterocycles. The molecule has 134 valence electrons. The largest absolute Gasteiger partial charge is 0.399 e. The molecule has 3 aromatic carbocycles. The molecule has 0 saturated carbocycles. The molecule has 0 aliphatic carbocycles. The van der Waals surface area contributed by atoms with Crippen LogP contribution in [0.25, 0.3) is 0 Å². The van der Waals surface area contributed by atoms with Gasteiger partial charge in [-0.2, -0.15) is 0 Å². The van der Waals surface area contributed by atoms with E-state index in [-0.39, 0.29) is 23.9 Å². The number of benzene rings is 3. The first kappa shape index (κ1) is 18.1. The number of hydrogen-bond donors (Lipinski definition) is 2. The van der Waals surface area contributed by atoms with Gasteiger partial charge in [-0.05, 0) is 60.7 Å². The van der Waals surface area contributed by atoms with Crippen LogP contribution in [0.15, 0.2) is 78.9 Å². The molecule has 0 bridgehead atoms. The number of hydrogen-bond acceptors (Lipinski definition) is 4. The van der Waals surface area contributed by atoms with E-state index in [9.17, 15) is 14.4 Å². The van der Waals surface area contributed by atoms with E-state index >= 15 is 0 Å². The van der Waals surface area contributed by atoms with Crippen molar-refractivity contribution >= 4 is 28.8 Å². The normalized spacial score (nSPS) is 10.2. The average molecular weight is 358 g/mol. The number of nitrogens with two attached hydrogens (primary N) is 1. The van der Waals surface area contributed by atoms with Crippen LogP contribution in [0.3, 0.4) is 0 Å². The summed E-state index contributed by atoms with van der Waals surface area (Å²) in [6.07, 6.45) is -0.223. The minimum Gasteiger partial charge on any atom is -0.399 e. The molecule has 3 N–H and O–H groups in total.